The number of carbonyl (C=O) groups is 1. The summed E-state index contributed by atoms with van der Waals surface area (Å²) >= 11 is 0. The molecule has 1 aliphatic rings. The first-order chi connectivity index (χ1) is 9.98. The van der Waals surface area contributed by atoms with E-state index in [-0.39, 0.29) is 23.3 Å². The minimum atomic E-state index is -2.83. The van der Waals surface area contributed by atoms with Crippen LogP contribution in [0.5, 0.6) is 5.75 Å². The Morgan fingerprint density at radius 2 is 2.24 bits per heavy atom. The number of benzene rings is 1. The number of amides is 1. The Kier molecular flexibility index (Phi) is 5.22. The van der Waals surface area contributed by atoms with Gasteiger partial charge in [0.05, 0.1) is 25.0 Å². The third kappa shape index (κ3) is 5.04. The molecule has 1 amide bonds. The molecule has 0 saturated carbocycles. The highest BCUT2D eigenvalue weighted by atomic mass is 32.2. The van der Waals surface area contributed by atoms with Crippen molar-refractivity contribution in [1.29, 1.82) is 0 Å². The van der Waals surface area contributed by atoms with Crippen LogP contribution in [0.1, 0.15) is 18.4 Å². The van der Waals surface area contributed by atoms with Crippen LogP contribution in [-0.2, 0) is 21.1 Å². The van der Waals surface area contributed by atoms with Gasteiger partial charge in [0.15, 0.2) is 9.84 Å². The number of hydrogen-bond donors (Lipinski definition) is 1. The minimum absolute atomic E-state index is 0.0518. The number of nitrogens with one attached hydrogen (secondary N) is 1. The molecule has 0 aliphatic carbocycles. The number of rotatable bonds is 6. The van der Waals surface area contributed by atoms with E-state index in [2.05, 4.69) is 5.32 Å². The van der Waals surface area contributed by atoms with Crippen molar-refractivity contribution in [3.8, 4) is 5.75 Å². The average molecular weight is 311 g/mol. The Bertz CT molecular complexity index is 597. The molecule has 21 heavy (non-hydrogen) atoms. The molecule has 0 spiro atoms. The molecule has 1 saturated heterocycles. The summed E-state index contributed by atoms with van der Waals surface area (Å²) in [7, 11) is -1.24. The molecular formula is C15H21NO4S. The van der Waals surface area contributed by atoms with E-state index >= 15 is 0 Å². The second-order valence-electron chi connectivity index (χ2n) is 5.44. The average Bonchev–Trinajstić information content (AvgIpc) is 2.78. The largest absolute Gasteiger partial charge is 0.497 e. The zero-order chi connectivity index (χ0) is 15.3. The molecule has 1 aromatic carbocycles. The fourth-order valence-electron chi connectivity index (χ4n) is 2.55. The normalized spacial score (nSPS) is 20.1. The fourth-order valence-corrected chi connectivity index (χ4v) is 4.46. The van der Waals surface area contributed by atoms with Crippen LogP contribution in [0.4, 0.5) is 0 Å². The van der Waals surface area contributed by atoms with Crippen molar-refractivity contribution in [2.45, 2.75) is 19.3 Å². The summed E-state index contributed by atoms with van der Waals surface area (Å²) in [6.45, 7) is 0.531. The Morgan fingerprint density at radius 1 is 1.43 bits per heavy atom. The van der Waals surface area contributed by atoms with E-state index in [9.17, 15) is 13.2 Å². The highest BCUT2D eigenvalue weighted by molar-refractivity contribution is 7.91. The Hall–Kier alpha value is -1.56. The van der Waals surface area contributed by atoms with E-state index in [0.29, 0.717) is 19.4 Å². The zero-order valence-corrected chi connectivity index (χ0v) is 13.0. The van der Waals surface area contributed by atoms with Gasteiger partial charge in [-0.1, -0.05) is 12.1 Å². The SMILES string of the molecule is COc1cccc(CC(=O)NCCC2CCS(=O)(=O)C2)c1. The van der Waals surface area contributed by atoms with Crippen LogP contribution in [0.15, 0.2) is 24.3 Å². The molecule has 0 radical (unpaired) electrons. The van der Waals surface area contributed by atoms with Crippen LogP contribution < -0.4 is 10.1 Å². The third-order valence-electron chi connectivity index (χ3n) is 3.70. The van der Waals surface area contributed by atoms with Crippen LogP contribution >= 0.6 is 0 Å². The van der Waals surface area contributed by atoms with Crippen molar-refractivity contribution in [3.63, 3.8) is 0 Å². The van der Waals surface area contributed by atoms with Gasteiger partial charge in [-0.15, -0.1) is 0 Å². The second kappa shape index (κ2) is 6.93. The predicted molar refractivity (Wildman–Crippen MR) is 81.1 cm³/mol. The maximum absolute atomic E-state index is 11.8. The number of hydrogen-bond acceptors (Lipinski definition) is 4. The monoisotopic (exact) mass is 311 g/mol. The molecule has 6 heteroatoms. The van der Waals surface area contributed by atoms with Crippen molar-refractivity contribution in [3.05, 3.63) is 29.8 Å². The first-order valence-electron chi connectivity index (χ1n) is 7.08. The van der Waals surface area contributed by atoms with Gasteiger partial charge in [0.25, 0.3) is 0 Å². The summed E-state index contributed by atoms with van der Waals surface area (Å²) in [6, 6.07) is 7.40. The van der Waals surface area contributed by atoms with Gasteiger partial charge >= 0.3 is 0 Å². The summed E-state index contributed by atoms with van der Waals surface area (Å²) in [5.74, 6) is 1.42. The van der Waals surface area contributed by atoms with Crippen LogP contribution in [-0.4, -0.2) is 39.5 Å². The Balaban J connectivity index is 1.72. The van der Waals surface area contributed by atoms with Gasteiger partial charge in [-0.3, -0.25) is 4.79 Å². The van der Waals surface area contributed by atoms with Crippen molar-refractivity contribution in [1.82, 2.24) is 5.32 Å². The highest BCUT2D eigenvalue weighted by Crippen LogP contribution is 2.20. The molecule has 1 atom stereocenters. The van der Waals surface area contributed by atoms with Gasteiger partial charge in [0, 0.05) is 6.54 Å². The van der Waals surface area contributed by atoms with Gasteiger partial charge < -0.3 is 10.1 Å². The van der Waals surface area contributed by atoms with Crippen molar-refractivity contribution < 1.29 is 17.9 Å². The molecule has 1 heterocycles. The van der Waals surface area contributed by atoms with E-state index in [4.69, 9.17) is 4.74 Å². The fraction of sp³-hybridized carbons (Fsp3) is 0.533. The lowest BCUT2D eigenvalue weighted by Gasteiger charge is -2.09. The first-order valence-corrected chi connectivity index (χ1v) is 8.91. The molecule has 116 valence electrons. The lowest BCUT2D eigenvalue weighted by Crippen LogP contribution is -2.27. The molecule has 1 N–H and O–H groups in total. The summed E-state index contributed by atoms with van der Waals surface area (Å²) in [5, 5.41) is 2.85. The summed E-state index contributed by atoms with van der Waals surface area (Å²) in [5.41, 5.74) is 0.898. The van der Waals surface area contributed by atoms with Gasteiger partial charge in [-0.05, 0) is 36.5 Å². The smallest absolute Gasteiger partial charge is 0.224 e. The molecule has 1 aromatic rings. The summed E-state index contributed by atoms with van der Waals surface area (Å²) in [4.78, 5) is 11.8. The van der Waals surface area contributed by atoms with Crippen LogP contribution in [0.3, 0.4) is 0 Å². The lowest BCUT2D eigenvalue weighted by molar-refractivity contribution is -0.120. The second-order valence-corrected chi connectivity index (χ2v) is 7.66. The molecule has 0 aromatic heterocycles. The lowest BCUT2D eigenvalue weighted by atomic mass is 10.1. The number of methoxy groups -OCH3 is 1. The number of sulfone groups is 1. The Morgan fingerprint density at radius 3 is 2.90 bits per heavy atom. The standard InChI is InChI=1S/C15H21NO4S/c1-20-14-4-2-3-13(9-14)10-15(17)16-7-5-12-6-8-21(18,19)11-12/h2-4,9,12H,5-8,10-11H2,1H3,(H,16,17). The molecule has 1 unspecified atom stereocenters. The molecular weight excluding hydrogens is 290 g/mol. The highest BCUT2D eigenvalue weighted by Gasteiger charge is 2.27. The molecule has 0 bridgehead atoms. The van der Waals surface area contributed by atoms with Gasteiger partial charge in [-0.2, -0.15) is 0 Å². The zero-order valence-electron chi connectivity index (χ0n) is 12.2. The number of ether oxygens (including phenoxy) is 1. The molecule has 5 nitrogen and oxygen atoms in total. The van der Waals surface area contributed by atoms with Crippen LogP contribution in [0.25, 0.3) is 0 Å². The minimum Gasteiger partial charge on any atom is -0.497 e. The van der Waals surface area contributed by atoms with Crippen molar-refractivity contribution in [2.24, 2.45) is 5.92 Å². The third-order valence-corrected chi connectivity index (χ3v) is 5.54. The van der Waals surface area contributed by atoms with Crippen molar-refractivity contribution >= 4 is 15.7 Å². The van der Waals surface area contributed by atoms with Crippen molar-refractivity contribution in [2.75, 3.05) is 25.2 Å². The van der Waals surface area contributed by atoms with Crippen LogP contribution in [0.2, 0.25) is 0 Å². The maximum Gasteiger partial charge on any atom is 0.224 e. The topological polar surface area (TPSA) is 72.5 Å². The number of carbonyl (C=O) groups excluding carboxylic acids is 1. The molecule has 2 rings (SSSR count). The quantitative estimate of drug-likeness (QED) is 0.856. The van der Waals surface area contributed by atoms with E-state index in [1.54, 1.807) is 7.11 Å². The van der Waals surface area contributed by atoms with Gasteiger partial charge in [0.2, 0.25) is 5.91 Å². The van der Waals surface area contributed by atoms with Gasteiger partial charge in [-0.25, -0.2) is 8.42 Å². The summed E-state index contributed by atoms with van der Waals surface area (Å²) in [6.07, 6.45) is 1.75. The van der Waals surface area contributed by atoms with Gasteiger partial charge in [0.1, 0.15) is 5.75 Å². The van der Waals surface area contributed by atoms with Crippen LogP contribution in [0, 0.1) is 5.92 Å². The predicted octanol–water partition coefficient (Wildman–Crippen LogP) is 1.18. The van der Waals surface area contributed by atoms with E-state index in [0.717, 1.165) is 17.7 Å². The van der Waals surface area contributed by atoms with E-state index < -0.39 is 9.84 Å². The molecule has 1 aliphatic heterocycles. The van der Waals surface area contributed by atoms with E-state index in [1.807, 2.05) is 24.3 Å². The summed E-state index contributed by atoms with van der Waals surface area (Å²) < 4.78 is 27.8. The maximum atomic E-state index is 11.8. The first kappa shape index (κ1) is 15.8. The Labute approximate surface area is 125 Å². The molecule has 1 fully saturated rings. The van der Waals surface area contributed by atoms with E-state index in [1.165, 1.54) is 0 Å².